The van der Waals surface area contributed by atoms with Gasteiger partial charge in [0.25, 0.3) is 5.91 Å². The fourth-order valence-corrected chi connectivity index (χ4v) is 2.84. The number of rotatable bonds is 8. The summed E-state index contributed by atoms with van der Waals surface area (Å²) < 4.78 is 34.0. The second-order valence-electron chi connectivity index (χ2n) is 5.76. The summed E-state index contributed by atoms with van der Waals surface area (Å²) in [5.41, 5.74) is 6.24. The van der Waals surface area contributed by atoms with Crippen molar-refractivity contribution >= 4 is 29.7 Å². The van der Waals surface area contributed by atoms with Crippen LogP contribution in [0.25, 0.3) is 6.08 Å². The zero-order chi connectivity index (χ0) is 21.2. The van der Waals surface area contributed by atoms with E-state index in [-0.39, 0.29) is 23.2 Å². The summed E-state index contributed by atoms with van der Waals surface area (Å²) in [6, 6.07) is 12.0. The highest BCUT2D eigenvalue weighted by Crippen LogP contribution is 2.29. The molecule has 0 spiro atoms. The number of ether oxygens (including phenoxy) is 2. The Hall–Kier alpha value is -3.07. The first-order chi connectivity index (χ1) is 13.9. The first-order valence-corrected chi connectivity index (χ1v) is 9.45. The first kappa shape index (κ1) is 22.2. The van der Waals surface area contributed by atoms with Crippen molar-refractivity contribution in [3.05, 3.63) is 59.7 Å². The van der Waals surface area contributed by atoms with Gasteiger partial charge in [0.1, 0.15) is 0 Å². The van der Waals surface area contributed by atoms with Gasteiger partial charge in [-0.05, 0) is 42.8 Å². The monoisotopic (exact) mass is 422 g/mol. The van der Waals surface area contributed by atoms with E-state index in [9.17, 15) is 18.4 Å². The zero-order valence-electron chi connectivity index (χ0n) is 15.8. The summed E-state index contributed by atoms with van der Waals surface area (Å²) in [5, 5.41) is 0. The highest BCUT2D eigenvalue weighted by molar-refractivity contribution is 8.00. The molecular formula is C20H20F2N2O4S. The lowest BCUT2D eigenvalue weighted by atomic mass is 10.2. The summed E-state index contributed by atoms with van der Waals surface area (Å²) in [5.74, 6) is -0.759. The molecule has 0 saturated carbocycles. The minimum absolute atomic E-state index is 0.106. The smallest absolute Gasteiger partial charge is 0.387 e. The predicted octanol–water partition coefficient (Wildman–Crippen LogP) is 3.56. The van der Waals surface area contributed by atoms with Crippen LogP contribution in [0.1, 0.15) is 11.1 Å². The molecule has 154 valence electrons. The zero-order valence-corrected chi connectivity index (χ0v) is 16.6. The Morgan fingerprint density at radius 2 is 1.83 bits per heavy atom. The third-order valence-corrected chi connectivity index (χ3v) is 4.56. The minimum atomic E-state index is -2.97. The second kappa shape index (κ2) is 11.1. The molecule has 0 aliphatic heterocycles. The molecule has 0 fully saturated rings. The summed E-state index contributed by atoms with van der Waals surface area (Å²) >= 11 is 1.35. The summed E-state index contributed by atoms with van der Waals surface area (Å²) in [7, 11) is 1.32. The second-order valence-corrected chi connectivity index (χ2v) is 6.81. The number of halogens is 2. The molecule has 0 radical (unpaired) electrons. The van der Waals surface area contributed by atoms with Crippen molar-refractivity contribution in [2.75, 3.05) is 12.9 Å². The van der Waals surface area contributed by atoms with Crippen molar-refractivity contribution in [1.82, 2.24) is 10.9 Å². The number of amides is 2. The van der Waals surface area contributed by atoms with Crippen molar-refractivity contribution in [1.29, 1.82) is 0 Å². The van der Waals surface area contributed by atoms with E-state index in [1.165, 1.54) is 49.2 Å². The number of hydrazine groups is 1. The molecule has 9 heteroatoms. The van der Waals surface area contributed by atoms with Gasteiger partial charge in [-0.25, -0.2) is 0 Å². The highest BCUT2D eigenvalue weighted by Gasteiger charge is 2.10. The van der Waals surface area contributed by atoms with Gasteiger partial charge in [-0.15, -0.1) is 11.8 Å². The number of aryl methyl sites for hydroxylation is 1. The largest absolute Gasteiger partial charge is 0.493 e. The molecule has 0 aromatic heterocycles. The first-order valence-electron chi connectivity index (χ1n) is 8.46. The van der Waals surface area contributed by atoms with Crippen LogP contribution in [-0.4, -0.2) is 31.3 Å². The van der Waals surface area contributed by atoms with Crippen LogP contribution < -0.4 is 20.3 Å². The van der Waals surface area contributed by atoms with Gasteiger partial charge in [-0.1, -0.05) is 23.8 Å². The molecule has 0 unspecified atom stereocenters. The molecule has 0 heterocycles. The van der Waals surface area contributed by atoms with Gasteiger partial charge < -0.3 is 9.47 Å². The number of thioether (sulfide) groups is 1. The molecule has 2 aromatic carbocycles. The van der Waals surface area contributed by atoms with Crippen LogP contribution >= 0.6 is 11.8 Å². The van der Waals surface area contributed by atoms with Crippen LogP contribution in [0.3, 0.4) is 0 Å². The van der Waals surface area contributed by atoms with E-state index in [0.717, 1.165) is 10.5 Å². The van der Waals surface area contributed by atoms with E-state index >= 15 is 0 Å². The van der Waals surface area contributed by atoms with Gasteiger partial charge in [0.15, 0.2) is 11.5 Å². The van der Waals surface area contributed by atoms with Gasteiger partial charge in [0, 0.05) is 11.0 Å². The topological polar surface area (TPSA) is 76.7 Å². The lowest BCUT2D eigenvalue weighted by molar-refractivity contribution is -0.125. The van der Waals surface area contributed by atoms with Crippen LogP contribution in [0.5, 0.6) is 11.5 Å². The van der Waals surface area contributed by atoms with Crippen molar-refractivity contribution < 1.29 is 27.8 Å². The van der Waals surface area contributed by atoms with E-state index < -0.39 is 12.5 Å². The predicted molar refractivity (Wildman–Crippen MR) is 107 cm³/mol. The molecule has 0 aliphatic carbocycles. The number of nitrogens with one attached hydrogen (secondary N) is 2. The number of carbonyl (C=O) groups is 2. The maximum absolute atomic E-state index is 12.3. The lowest BCUT2D eigenvalue weighted by Gasteiger charge is -2.10. The molecule has 0 saturated heterocycles. The van der Waals surface area contributed by atoms with Crippen LogP contribution in [0.4, 0.5) is 8.78 Å². The van der Waals surface area contributed by atoms with E-state index in [2.05, 4.69) is 15.6 Å². The number of hydrogen-bond donors (Lipinski definition) is 2. The van der Waals surface area contributed by atoms with Gasteiger partial charge in [-0.3, -0.25) is 20.4 Å². The SMILES string of the molecule is COc1cc(C=CC(=O)NNC(=O)CSc2ccc(C)cc2)ccc1OC(F)F. The summed E-state index contributed by atoms with van der Waals surface area (Å²) in [6.07, 6.45) is 2.63. The Kier molecular flexibility index (Phi) is 8.47. The Bertz CT molecular complexity index is 873. The van der Waals surface area contributed by atoms with Crippen LogP contribution in [-0.2, 0) is 9.59 Å². The van der Waals surface area contributed by atoms with Gasteiger partial charge in [0.05, 0.1) is 12.9 Å². The molecule has 29 heavy (non-hydrogen) atoms. The van der Waals surface area contributed by atoms with Crippen LogP contribution in [0.15, 0.2) is 53.4 Å². The maximum Gasteiger partial charge on any atom is 0.387 e. The van der Waals surface area contributed by atoms with Crippen molar-refractivity contribution in [3.63, 3.8) is 0 Å². The van der Waals surface area contributed by atoms with E-state index in [0.29, 0.717) is 5.56 Å². The molecule has 2 aromatic rings. The van der Waals surface area contributed by atoms with Gasteiger partial charge in [0.2, 0.25) is 5.91 Å². The molecule has 2 N–H and O–H groups in total. The fraction of sp³-hybridized carbons (Fsp3) is 0.200. The Balaban J connectivity index is 1.81. The Morgan fingerprint density at radius 3 is 2.48 bits per heavy atom. The number of carbonyl (C=O) groups excluding carboxylic acids is 2. The number of benzene rings is 2. The third-order valence-electron chi connectivity index (χ3n) is 3.55. The van der Waals surface area contributed by atoms with E-state index in [4.69, 9.17) is 4.74 Å². The molecule has 0 aliphatic rings. The standard InChI is InChI=1S/C20H20F2N2O4S/c1-13-3-7-15(8-4-13)29-12-19(26)24-23-18(25)10-6-14-5-9-16(28-20(21)22)17(11-14)27-2/h3-11,20H,12H2,1-2H3,(H,23,25)(H,24,26). The number of methoxy groups -OCH3 is 1. The van der Waals surface area contributed by atoms with E-state index in [1.54, 1.807) is 0 Å². The molecule has 6 nitrogen and oxygen atoms in total. The quantitative estimate of drug-likeness (QED) is 0.387. The molecule has 2 rings (SSSR count). The number of hydrogen-bond acceptors (Lipinski definition) is 5. The summed E-state index contributed by atoms with van der Waals surface area (Å²) in [4.78, 5) is 24.6. The summed E-state index contributed by atoms with van der Waals surface area (Å²) in [6.45, 7) is -0.991. The van der Waals surface area contributed by atoms with E-state index in [1.807, 2.05) is 31.2 Å². The minimum Gasteiger partial charge on any atom is -0.493 e. The fourth-order valence-electron chi connectivity index (χ4n) is 2.15. The van der Waals surface area contributed by atoms with Crippen molar-refractivity contribution in [2.45, 2.75) is 18.4 Å². The molecule has 2 amide bonds. The van der Waals surface area contributed by atoms with Crippen LogP contribution in [0.2, 0.25) is 0 Å². The average molecular weight is 422 g/mol. The highest BCUT2D eigenvalue weighted by atomic mass is 32.2. The normalized spacial score (nSPS) is 10.8. The van der Waals surface area contributed by atoms with Gasteiger partial charge >= 0.3 is 6.61 Å². The number of alkyl halides is 2. The maximum atomic E-state index is 12.3. The Labute approximate surface area is 171 Å². The molecular weight excluding hydrogens is 402 g/mol. The Morgan fingerprint density at radius 1 is 1.10 bits per heavy atom. The average Bonchev–Trinajstić information content (AvgIpc) is 2.70. The van der Waals surface area contributed by atoms with Crippen molar-refractivity contribution in [2.24, 2.45) is 0 Å². The van der Waals surface area contributed by atoms with Gasteiger partial charge in [-0.2, -0.15) is 8.78 Å². The molecule has 0 atom stereocenters. The van der Waals surface area contributed by atoms with Crippen LogP contribution in [0, 0.1) is 6.92 Å². The van der Waals surface area contributed by atoms with Crippen molar-refractivity contribution in [3.8, 4) is 11.5 Å². The lowest BCUT2D eigenvalue weighted by Crippen LogP contribution is -2.41. The molecule has 0 bridgehead atoms. The third kappa shape index (κ3) is 7.82.